The first kappa shape index (κ1) is 26.0. The van der Waals surface area contributed by atoms with Gasteiger partial charge in [-0.1, -0.05) is 6.07 Å². The summed E-state index contributed by atoms with van der Waals surface area (Å²) < 4.78 is 57.5. The van der Waals surface area contributed by atoms with Crippen LogP contribution in [0.25, 0.3) is 0 Å². The zero-order valence-electron chi connectivity index (χ0n) is 19.8. The lowest BCUT2D eigenvalue weighted by atomic mass is 9.85. The molecule has 2 atom stereocenters. The minimum Gasteiger partial charge on any atom is -0.493 e. The Kier molecular flexibility index (Phi) is 7.98. The van der Waals surface area contributed by atoms with Crippen LogP contribution in [0.2, 0.25) is 0 Å². The second kappa shape index (κ2) is 10.7. The molecule has 0 spiro atoms. The summed E-state index contributed by atoms with van der Waals surface area (Å²) in [4.78, 5) is 26.9. The van der Waals surface area contributed by atoms with Gasteiger partial charge in [0, 0.05) is 30.1 Å². The van der Waals surface area contributed by atoms with Crippen LogP contribution >= 0.6 is 0 Å². The molecule has 8 nitrogen and oxygen atoms in total. The van der Waals surface area contributed by atoms with Crippen molar-refractivity contribution in [3.8, 4) is 17.2 Å². The standard InChI is InChI=1S/C24H27F3N2O6/c1-5-34-23(31)29-14(2)9-16(18-11-20(32-3)21(33-4)12-19(18)29)13-28-22(30)15-7-6-8-17(10-15)35-24(25,26)27/h6-8,10-12,14,16H,5,9,13H2,1-4H3,(H,28,30). The Morgan fingerprint density at radius 1 is 1.11 bits per heavy atom. The third-order valence-corrected chi connectivity index (χ3v) is 5.60. The van der Waals surface area contributed by atoms with Crippen LogP contribution in [0.1, 0.15) is 42.1 Å². The van der Waals surface area contributed by atoms with Crippen LogP contribution in [0.3, 0.4) is 0 Å². The topological polar surface area (TPSA) is 86.3 Å². The van der Waals surface area contributed by atoms with Crippen LogP contribution in [-0.2, 0) is 4.74 Å². The molecule has 1 heterocycles. The van der Waals surface area contributed by atoms with Crippen molar-refractivity contribution in [1.29, 1.82) is 0 Å². The Balaban J connectivity index is 1.86. The summed E-state index contributed by atoms with van der Waals surface area (Å²) in [5, 5.41) is 2.77. The van der Waals surface area contributed by atoms with Crippen molar-refractivity contribution >= 4 is 17.7 Å². The minimum atomic E-state index is -4.86. The predicted molar refractivity (Wildman–Crippen MR) is 121 cm³/mol. The van der Waals surface area contributed by atoms with E-state index < -0.39 is 24.1 Å². The number of amides is 2. The molecule has 0 aromatic heterocycles. The second-order valence-corrected chi connectivity index (χ2v) is 7.90. The smallest absolute Gasteiger partial charge is 0.493 e. The van der Waals surface area contributed by atoms with Crippen LogP contribution in [0.4, 0.5) is 23.7 Å². The van der Waals surface area contributed by atoms with Gasteiger partial charge in [0.25, 0.3) is 5.91 Å². The van der Waals surface area contributed by atoms with E-state index in [4.69, 9.17) is 14.2 Å². The van der Waals surface area contributed by atoms with Crippen molar-refractivity contribution in [3.63, 3.8) is 0 Å². The molecule has 1 aliphatic rings. The highest BCUT2D eigenvalue weighted by atomic mass is 19.4. The molecule has 0 saturated carbocycles. The van der Waals surface area contributed by atoms with Crippen LogP contribution in [-0.4, -0.2) is 51.8 Å². The van der Waals surface area contributed by atoms with Crippen molar-refractivity contribution < 1.29 is 41.7 Å². The molecule has 2 amide bonds. The predicted octanol–water partition coefficient (Wildman–Crippen LogP) is 4.87. The van der Waals surface area contributed by atoms with Gasteiger partial charge in [0.15, 0.2) is 11.5 Å². The second-order valence-electron chi connectivity index (χ2n) is 7.90. The number of rotatable bonds is 7. The molecule has 1 aliphatic heterocycles. The molecular formula is C24H27F3N2O6. The lowest BCUT2D eigenvalue weighted by molar-refractivity contribution is -0.274. The molecule has 35 heavy (non-hydrogen) atoms. The van der Waals surface area contributed by atoms with Crippen molar-refractivity contribution in [2.45, 2.75) is 38.6 Å². The zero-order chi connectivity index (χ0) is 25.8. The summed E-state index contributed by atoms with van der Waals surface area (Å²) in [6.07, 6.45) is -4.86. The minimum absolute atomic E-state index is 0.0243. The maximum absolute atomic E-state index is 12.7. The van der Waals surface area contributed by atoms with E-state index >= 15 is 0 Å². The fraction of sp³-hybridized carbons (Fsp3) is 0.417. The van der Waals surface area contributed by atoms with Gasteiger partial charge >= 0.3 is 12.5 Å². The summed E-state index contributed by atoms with van der Waals surface area (Å²) in [6, 6.07) is 8.03. The van der Waals surface area contributed by atoms with Gasteiger partial charge in [-0.2, -0.15) is 0 Å². The van der Waals surface area contributed by atoms with Gasteiger partial charge in [0.1, 0.15) is 5.75 Å². The monoisotopic (exact) mass is 496 g/mol. The highest BCUT2D eigenvalue weighted by Gasteiger charge is 2.36. The summed E-state index contributed by atoms with van der Waals surface area (Å²) in [5.74, 6) is -0.371. The van der Waals surface area contributed by atoms with Crippen molar-refractivity contribution in [1.82, 2.24) is 5.32 Å². The molecular weight excluding hydrogens is 469 g/mol. The lowest BCUT2D eigenvalue weighted by Gasteiger charge is -2.39. The van der Waals surface area contributed by atoms with E-state index in [0.717, 1.165) is 17.7 Å². The summed E-state index contributed by atoms with van der Waals surface area (Å²) >= 11 is 0. The van der Waals surface area contributed by atoms with Crippen LogP contribution in [0.5, 0.6) is 17.2 Å². The Morgan fingerprint density at radius 3 is 2.43 bits per heavy atom. The molecule has 2 aromatic rings. The number of fused-ring (bicyclic) bond motifs is 1. The molecule has 11 heteroatoms. The SMILES string of the molecule is CCOC(=O)N1c2cc(OC)c(OC)cc2C(CNC(=O)c2cccc(OC(F)(F)F)c2)CC1C. The molecule has 0 saturated heterocycles. The molecule has 0 aliphatic carbocycles. The van der Waals surface area contributed by atoms with Gasteiger partial charge in [0.2, 0.25) is 0 Å². The van der Waals surface area contributed by atoms with Gasteiger partial charge in [-0.25, -0.2) is 4.79 Å². The fourth-order valence-electron chi connectivity index (χ4n) is 4.12. The third kappa shape index (κ3) is 6.09. The first-order valence-electron chi connectivity index (χ1n) is 10.9. The van der Waals surface area contributed by atoms with Crippen LogP contribution in [0, 0.1) is 0 Å². The molecule has 2 unspecified atom stereocenters. The number of nitrogens with zero attached hydrogens (tertiary/aromatic N) is 1. The number of ether oxygens (including phenoxy) is 4. The average Bonchev–Trinajstić information content (AvgIpc) is 2.80. The van der Waals surface area contributed by atoms with Crippen molar-refractivity contribution in [3.05, 3.63) is 47.5 Å². The molecule has 3 rings (SSSR count). The molecule has 190 valence electrons. The Bertz CT molecular complexity index is 1080. The third-order valence-electron chi connectivity index (χ3n) is 5.60. The molecule has 0 radical (unpaired) electrons. The number of nitrogens with one attached hydrogen (secondary N) is 1. The summed E-state index contributed by atoms with van der Waals surface area (Å²) in [7, 11) is 2.98. The number of hydrogen-bond acceptors (Lipinski definition) is 6. The Hall–Kier alpha value is -3.63. The van der Waals surface area contributed by atoms with Gasteiger partial charge in [0.05, 0.1) is 26.5 Å². The number of methoxy groups -OCH3 is 2. The largest absolute Gasteiger partial charge is 0.573 e. The van der Waals surface area contributed by atoms with Gasteiger partial charge in [-0.3, -0.25) is 9.69 Å². The maximum atomic E-state index is 12.7. The molecule has 1 N–H and O–H groups in total. The fourth-order valence-corrected chi connectivity index (χ4v) is 4.12. The van der Waals surface area contributed by atoms with E-state index in [1.165, 1.54) is 31.3 Å². The number of alkyl halides is 3. The van der Waals surface area contributed by atoms with Crippen LogP contribution < -0.4 is 24.4 Å². The van der Waals surface area contributed by atoms with Gasteiger partial charge in [-0.15, -0.1) is 13.2 Å². The number of halogens is 3. The van der Waals surface area contributed by atoms with E-state index in [0.29, 0.717) is 23.6 Å². The lowest BCUT2D eigenvalue weighted by Crippen LogP contribution is -2.45. The quantitative estimate of drug-likeness (QED) is 0.589. The number of anilines is 1. The van der Waals surface area contributed by atoms with E-state index in [2.05, 4.69) is 10.1 Å². The Morgan fingerprint density at radius 2 is 1.80 bits per heavy atom. The van der Waals surface area contributed by atoms with E-state index in [-0.39, 0.29) is 30.7 Å². The molecule has 0 bridgehead atoms. The number of benzene rings is 2. The number of carbonyl (C=O) groups excluding carboxylic acids is 2. The summed E-state index contributed by atoms with van der Waals surface area (Å²) in [6.45, 7) is 3.96. The first-order valence-corrected chi connectivity index (χ1v) is 10.9. The number of hydrogen-bond donors (Lipinski definition) is 1. The van der Waals surface area contributed by atoms with E-state index in [1.54, 1.807) is 19.1 Å². The number of carbonyl (C=O) groups is 2. The van der Waals surface area contributed by atoms with Gasteiger partial charge < -0.3 is 24.3 Å². The average molecular weight is 496 g/mol. The van der Waals surface area contributed by atoms with Crippen LogP contribution in [0.15, 0.2) is 36.4 Å². The highest BCUT2D eigenvalue weighted by molar-refractivity contribution is 5.95. The summed E-state index contributed by atoms with van der Waals surface area (Å²) in [5.41, 5.74) is 1.33. The van der Waals surface area contributed by atoms with E-state index in [9.17, 15) is 22.8 Å². The van der Waals surface area contributed by atoms with Crippen molar-refractivity contribution in [2.75, 3.05) is 32.3 Å². The molecule has 2 aromatic carbocycles. The Labute approximate surface area is 200 Å². The van der Waals surface area contributed by atoms with Gasteiger partial charge in [-0.05, 0) is 50.1 Å². The maximum Gasteiger partial charge on any atom is 0.573 e. The molecule has 0 fully saturated rings. The van der Waals surface area contributed by atoms with E-state index in [1.807, 2.05) is 6.92 Å². The zero-order valence-corrected chi connectivity index (χ0v) is 19.8. The normalized spacial score (nSPS) is 17.3. The van der Waals surface area contributed by atoms with Crippen molar-refractivity contribution in [2.24, 2.45) is 0 Å². The highest BCUT2D eigenvalue weighted by Crippen LogP contribution is 2.44. The first-order chi connectivity index (χ1) is 16.6.